The first-order valence-electron chi connectivity index (χ1n) is 12.6. The first kappa shape index (κ1) is 21.4. The van der Waals surface area contributed by atoms with Crippen molar-refractivity contribution >= 4 is 17.5 Å². The van der Waals surface area contributed by atoms with Crippen LogP contribution in [0.25, 0.3) is 0 Å². The van der Waals surface area contributed by atoms with Crippen LogP contribution >= 0.6 is 0 Å². The lowest BCUT2D eigenvalue weighted by atomic mass is 9.46. The Hall–Kier alpha value is -1.49. The van der Waals surface area contributed by atoms with E-state index in [4.69, 9.17) is 4.84 Å². The Kier molecular flexibility index (Phi) is 5.39. The molecule has 170 valence electrons. The molecule has 5 heteroatoms. The molecule has 1 unspecified atom stereocenters. The number of nitrogens with one attached hydrogen (secondary N) is 1. The van der Waals surface area contributed by atoms with Crippen LogP contribution in [0.2, 0.25) is 0 Å². The molecule has 5 rings (SSSR count). The summed E-state index contributed by atoms with van der Waals surface area (Å²) in [6, 6.07) is -0.188. The predicted octanol–water partition coefficient (Wildman–Crippen LogP) is 4.81. The molecule has 7 atom stereocenters. The fraction of sp³-hybridized carbons (Fsp3) is 0.808. The van der Waals surface area contributed by atoms with E-state index in [1.54, 1.807) is 0 Å². The van der Waals surface area contributed by atoms with Gasteiger partial charge >= 0.3 is 5.97 Å². The van der Waals surface area contributed by atoms with Crippen LogP contribution in [0.3, 0.4) is 0 Å². The van der Waals surface area contributed by atoms with Crippen LogP contribution in [0.4, 0.5) is 0 Å². The Morgan fingerprint density at radius 3 is 2.71 bits per heavy atom. The molecule has 5 nitrogen and oxygen atoms in total. The summed E-state index contributed by atoms with van der Waals surface area (Å²) < 4.78 is 0. The van der Waals surface area contributed by atoms with Gasteiger partial charge in [-0.05, 0) is 106 Å². The van der Waals surface area contributed by atoms with Gasteiger partial charge in [0.2, 0.25) is 0 Å². The lowest BCUT2D eigenvalue weighted by Gasteiger charge is -2.58. The van der Waals surface area contributed by atoms with Crippen LogP contribution in [0.5, 0.6) is 0 Å². The van der Waals surface area contributed by atoms with Crippen molar-refractivity contribution in [3.8, 4) is 0 Å². The van der Waals surface area contributed by atoms with Gasteiger partial charge in [0.1, 0.15) is 6.04 Å². The number of hydrogen-bond acceptors (Lipinski definition) is 5. The van der Waals surface area contributed by atoms with Gasteiger partial charge in [-0.3, -0.25) is 4.79 Å². The van der Waals surface area contributed by atoms with Crippen molar-refractivity contribution < 1.29 is 14.4 Å². The molecule has 31 heavy (non-hydrogen) atoms. The maximum Gasteiger partial charge on any atom is 0.351 e. The number of ketones is 1. The van der Waals surface area contributed by atoms with Gasteiger partial charge in [-0.15, -0.1) is 0 Å². The van der Waals surface area contributed by atoms with Gasteiger partial charge in [0.05, 0.1) is 5.71 Å². The number of allylic oxidation sites excluding steroid dienone is 1. The van der Waals surface area contributed by atoms with Crippen LogP contribution in [0.15, 0.2) is 16.8 Å². The van der Waals surface area contributed by atoms with Crippen LogP contribution in [0, 0.1) is 34.5 Å². The first-order chi connectivity index (χ1) is 14.8. The Balaban J connectivity index is 1.32. The molecule has 0 spiro atoms. The van der Waals surface area contributed by atoms with Gasteiger partial charge in [0.25, 0.3) is 0 Å². The molecule has 4 fully saturated rings. The summed E-state index contributed by atoms with van der Waals surface area (Å²) in [6.07, 6.45) is 12.8. The van der Waals surface area contributed by atoms with E-state index < -0.39 is 0 Å². The molecule has 0 radical (unpaired) electrons. The zero-order chi connectivity index (χ0) is 21.8. The molecule has 0 amide bonds. The lowest BCUT2D eigenvalue weighted by molar-refractivity contribution is -0.145. The molecule has 0 bridgehead atoms. The number of rotatable bonds is 3. The Labute approximate surface area is 186 Å². The van der Waals surface area contributed by atoms with Crippen molar-refractivity contribution in [2.75, 3.05) is 6.54 Å². The lowest BCUT2D eigenvalue weighted by Crippen LogP contribution is -2.51. The molecule has 4 aliphatic carbocycles. The normalized spacial score (nSPS) is 44.9. The van der Waals surface area contributed by atoms with Gasteiger partial charge < -0.3 is 10.2 Å². The van der Waals surface area contributed by atoms with Gasteiger partial charge in [-0.25, -0.2) is 4.79 Å². The summed E-state index contributed by atoms with van der Waals surface area (Å²) in [7, 11) is 0. The molecule has 0 aromatic rings. The summed E-state index contributed by atoms with van der Waals surface area (Å²) in [5, 5.41) is 7.55. The van der Waals surface area contributed by atoms with Crippen molar-refractivity contribution in [3.63, 3.8) is 0 Å². The summed E-state index contributed by atoms with van der Waals surface area (Å²) >= 11 is 0. The molecular formula is C26H38N2O3. The number of nitrogens with zero attached hydrogens (tertiary/aromatic N) is 1. The number of carbonyl (C=O) groups excluding carboxylic acids is 2. The zero-order valence-corrected chi connectivity index (χ0v) is 19.4. The maximum atomic E-state index is 12.3. The monoisotopic (exact) mass is 426 g/mol. The predicted molar refractivity (Wildman–Crippen MR) is 120 cm³/mol. The quantitative estimate of drug-likeness (QED) is 0.400. The van der Waals surface area contributed by atoms with Crippen LogP contribution in [-0.4, -0.2) is 30.1 Å². The third kappa shape index (κ3) is 3.42. The summed E-state index contributed by atoms with van der Waals surface area (Å²) in [5.41, 5.74) is 2.91. The van der Waals surface area contributed by atoms with E-state index in [0.717, 1.165) is 56.7 Å². The van der Waals surface area contributed by atoms with Gasteiger partial charge in [-0.2, -0.15) is 0 Å². The third-order valence-corrected chi connectivity index (χ3v) is 10.1. The van der Waals surface area contributed by atoms with Crippen LogP contribution < -0.4 is 5.32 Å². The first-order valence-corrected chi connectivity index (χ1v) is 12.6. The molecule has 5 aliphatic rings. The zero-order valence-electron chi connectivity index (χ0n) is 19.4. The van der Waals surface area contributed by atoms with E-state index in [1.165, 1.54) is 31.3 Å². The average Bonchev–Trinajstić information content (AvgIpc) is 3.40. The van der Waals surface area contributed by atoms with E-state index in [2.05, 4.69) is 31.2 Å². The minimum absolute atomic E-state index is 0.188. The molecule has 1 heterocycles. The van der Waals surface area contributed by atoms with Crippen molar-refractivity contribution in [1.29, 1.82) is 0 Å². The highest BCUT2D eigenvalue weighted by atomic mass is 16.7. The fourth-order valence-corrected chi connectivity index (χ4v) is 8.38. The third-order valence-electron chi connectivity index (χ3n) is 10.1. The minimum Gasteiger partial charge on any atom is -0.317 e. The molecular weight excluding hydrogens is 388 g/mol. The van der Waals surface area contributed by atoms with E-state index in [1.807, 2.05) is 6.08 Å². The second kappa shape index (κ2) is 7.83. The summed E-state index contributed by atoms with van der Waals surface area (Å²) in [4.78, 5) is 29.7. The second-order valence-electron chi connectivity index (χ2n) is 11.4. The van der Waals surface area contributed by atoms with Crippen molar-refractivity contribution in [2.45, 2.75) is 91.0 Å². The van der Waals surface area contributed by atoms with Crippen LogP contribution in [0.1, 0.15) is 85.0 Å². The van der Waals surface area contributed by atoms with Crippen LogP contribution in [-0.2, 0) is 14.4 Å². The van der Waals surface area contributed by atoms with Gasteiger partial charge in [-0.1, -0.05) is 24.6 Å². The van der Waals surface area contributed by atoms with E-state index in [9.17, 15) is 9.59 Å². The summed E-state index contributed by atoms with van der Waals surface area (Å²) in [5.74, 6) is 2.68. The van der Waals surface area contributed by atoms with Crippen molar-refractivity contribution in [2.24, 2.45) is 39.7 Å². The SMILES string of the molecule is CC(=NOC(=O)C1CCCN1)[C@H]1CC[C@H]2[C@@H]3CCC4=CC(=O)CC[C@]4(C)[C@H]3CC[C@]12C. The maximum absolute atomic E-state index is 12.3. The van der Waals surface area contributed by atoms with E-state index in [-0.39, 0.29) is 22.8 Å². The highest BCUT2D eigenvalue weighted by molar-refractivity contribution is 5.91. The summed E-state index contributed by atoms with van der Waals surface area (Å²) in [6.45, 7) is 7.87. The topological polar surface area (TPSA) is 67.8 Å². The molecule has 1 aliphatic heterocycles. The highest BCUT2D eigenvalue weighted by Crippen LogP contribution is 2.66. The van der Waals surface area contributed by atoms with E-state index in [0.29, 0.717) is 23.5 Å². The fourth-order valence-electron chi connectivity index (χ4n) is 8.38. The Morgan fingerprint density at radius 2 is 1.94 bits per heavy atom. The van der Waals surface area contributed by atoms with Gasteiger partial charge in [0.15, 0.2) is 5.78 Å². The number of fused-ring (bicyclic) bond motifs is 5. The molecule has 1 N–H and O–H groups in total. The van der Waals surface area contributed by atoms with Crippen molar-refractivity contribution in [3.05, 3.63) is 11.6 Å². The molecule has 0 aromatic carbocycles. The smallest absolute Gasteiger partial charge is 0.317 e. The van der Waals surface area contributed by atoms with Gasteiger partial charge in [0, 0.05) is 12.3 Å². The second-order valence-corrected chi connectivity index (χ2v) is 11.4. The number of hydrogen-bond donors (Lipinski definition) is 1. The number of oxime groups is 1. The van der Waals surface area contributed by atoms with Crippen molar-refractivity contribution in [1.82, 2.24) is 5.32 Å². The molecule has 1 saturated heterocycles. The standard InChI is InChI=1S/C26H38N2O3/c1-16(28-31-24(30)23-5-4-14-27-23)20-8-9-21-19-7-6-17-15-18(29)10-12-25(17,2)22(19)11-13-26(20,21)3/h15,19-23,27H,4-14H2,1-3H3/t19-,20+,21-,22-,23?,25-,26+/m0/s1. The minimum atomic E-state index is -0.230. The molecule has 0 aromatic heterocycles. The Bertz CT molecular complexity index is 827. The molecule has 3 saturated carbocycles. The number of carbonyl (C=O) groups is 2. The van der Waals surface area contributed by atoms with E-state index >= 15 is 0 Å². The Morgan fingerprint density at radius 1 is 1.10 bits per heavy atom. The highest BCUT2D eigenvalue weighted by Gasteiger charge is 2.59. The largest absolute Gasteiger partial charge is 0.351 e. The average molecular weight is 427 g/mol.